The number of para-hydroxylation sites is 1. The lowest BCUT2D eigenvalue weighted by Gasteiger charge is -2.09. The summed E-state index contributed by atoms with van der Waals surface area (Å²) in [5.74, 6) is -1.78. The lowest BCUT2D eigenvalue weighted by Crippen LogP contribution is -2.13. The second-order valence-electron chi connectivity index (χ2n) is 7.54. The van der Waals surface area contributed by atoms with Crippen molar-refractivity contribution in [2.75, 3.05) is 0 Å². The summed E-state index contributed by atoms with van der Waals surface area (Å²) in [5, 5.41) is 0. The molecule has 3 aromatic carbocycles. The average molecular weight is 396 g/mol. The highest BCUT2D eigenvalue weighted by molar-refractivity contribution is 6.33. The van der Waals surface area contributed by atoms with E-state index < -0.39 is 11.8 Å². The van der Waals surface area contributed by atoms with Gasteiger partial charge in [0.25, 0.3) is 0 Å². The first-order valence-corrected chi connectivity index (χ1v) is 9.63. The number of benzene rings is 3. The van der Waals surface area contributed by atoms with Crippen molar-refractivity contribution in [2.45, 2.75) is 12.8 Å². The van der Waals surface area contributed by atoms with Gasteiger partial charge in [0, 0.05) is 22.3 Å². The smallest absolute Gasteiger partial charge is 0.178 e. The molecule has 2 aliphatic rings. The number of fused-ring (bicyclic) bond motifs is 2. The van der Waals surface area contributed by atoms with Crippen molar-refractivity contribution in [1.82, 2.24) is 0 Å². The van der Waals surface area contributed by atoms with E-state index in [0.29, 0.717) is 17.1 Å². The molecule has 0 radical (unpaired) electrons. The minimum absolute atomic E-state index is 0.212. The van der Waals surface area contributed by atoms with E-state index >= 15 is 0 Å². The maximum absolute atomic E-state index is 13.0. The summed E-state index contributed by atoms with van der Waals surface area (Å²) in [7, 11) is 0. The zero-order chi connectivity index (χ0) is 21.0. The molecule has 0 bridgehead atoms. The summed E-state index contributed by atoms with van der Waals surface area (Å²) in [6, 6.07) is 18.9. The Morgan fingerprint density at radius 2 is 1.07 bits per heavy atom. The van der Waals surface area contributed by atoms with Gasteiger partial charge in [-0.1, -0.05) is 30.3 Å². The van der Waals surface area contributed by atoms with Crippen molar-refractivity contribution in [3.05, 3.63) is 94.5 Å². The quantitative estimate of drug-likeness (QED) is 0.602. The number of ether oxygens (including phenoxy) is 1. The van der Waals surface area contributed by atoms with Crippen molar-refractivity contribution in [2.24, 2.45) is 5.92 Å². The predicted octanol–water partition coefficient (Wildman–Crippen LogP) is 4.66. The molecule has 5 rings (SSSR count). The maximum Gasteiger partial charge on any atom is 0.178 e. The van der Waals surface area contributed by atoms with Crippen LogP contribution in [-0.4, -0.2) is 23.1 Å². The Labute approximate surface area is 172 Å². The topological polar surface area (TPSA) is 77.5 Å². The molecule has 0 saturated carbocycles. The fourth-order valence-corrected chi connectivity index (χ4v) is 4.09. The molecular formula is C25H16O5. The Morgan fingerprint density at radius 3 is 1.60 bits per heavy atom. The van der Waals surface area contributed by atoms with Crippen LogP contribution in [0.4, 0.5) is 0 Å². The maximum atomic E-state index is 13.0. The van der Waals surface area contributed by atoms with Crippen LogP contribution in [0.2, 0.25) is 0 Å². The SMILES string of the molecule is CC1C(=O)c2cc3c(cc2C1=O)C(=O)C(c1ccc(Oc2ccccc2)cc1)C3=O. The Hall–Kier alpha value is -3.86. The zero-order valence-electron chi connectivity index (χ0n) is 16.0. The Balaban J connectivity index is 1.46. The summed E-state index contributed by atoms with van der Waals surface area (Å²) >= 11 is 0. The molecule has 5 heteroatoms. The second-order valence-corrected chi connectivity index (χ2v) is 7.54. The Bertz CT molecular complexity index is 1180. The monoisotopic (exact) mass is 396 g/mol. The van der Waals surface area contributed by atoms with Crippen LogP contribution in [0.25, 0.3) is 0 Å². The van der Waals surface area contributed by atoms with Crippen LogP contribution in [0.5, 0.6) is 11.5 Å². The van der Waals surface area contributed by atoms with Crippen molar-refractivity contribution >= 4 is 23.1 Å². The van der Waals surface area contributed by atoms with Gasteiger partial charge in [-0.3, -0.25) is 19.2 Å². The van der Waals surface area contributed by atoms with Crippen LogP contribution in [0, 0.1) is 5.92 Å². The van der Waals surface area contributed by atoms with E-state index in [1.165, 1.54) is 12.1 Å². The van der Waals surface area contributed by atoms with Gasteiger partial charge in [-0.25, -0.2) is 0 Å². The molecule has 2 aliphatic carbocycles. The van der Waals surface area contributed by atoms with E-state index in [2.05, 4.69) is 0 Å². The van der Waals surface area contributed by atoms with Crippen LogP contribution in [0.15, 0.2) is 66.7 Å². The van der Waals surface area contributed by atoms with E-state index in [-0.39, 0.29) is 45.4 Å². The third kappa shape index (κ3) is 2.63. The van der Waals surface area contributed by atoms with Crippen molar-refractivity contribution in [1.29, 1.82) is 0 Å². The van der Waals surface area contributed by atoms with Crippen molar-refractivity contribution < 1.29 is 23.9 Å². The first-order chi connectivity index (χ1) is 14.5. The summed E-state index contributed by atoms with van der Waals surface area (Å²) in [6.07, 6.45) is 0. The lowest BCUT2D eigenvalue weighted by atomic mass is 9.94. The van der Waals surface area contributed by atoms with Gasteiger partial charge in [-0.05, 0) is 48.9 Å². The van der Waals surface area contributed by atoms with Gasteiger partial charge in [0.05, 0.1) is 5.92 Å². The van der Waals surface area contributed by atoms with Gasteiger partial charge in [0.15, 0.2) is 23.1 Å². The highest BCUT2D eigenvalue weighted by atomic mass is 16.5. The molecule has 5 nitrogen and oxygen atoms in total. The fraction of sp³-hybridized carbons (Fsp3) is 0.120. The largest absolute Gasteiger partial charge is 0.457 e. The van der Waals surface area contributed by atoms with Crippen molar-refractivity contribution in [3.63, 3.8) is 0 Å². The minimum Gasteiger partial charge on any atom is -0.457 e. The number of hydrogen-bond acceptors (Lipinski definition) is 5. The number of rotatable bonds is 3. The molecule has 0 aliphatic heterocycles. The number of Topliss-reactive ketones (excluding diaryl/α,β-unsaturated/α-hetero) is 4. The van der Waals surface area contributed by atoms with Gasteiger partial charge in [0.1, 0.15) is 17.4 Å². The van der Waals surface area contributed by atoms with E-state index in [1.54, 1.807) is 31.2 Å². The van der Waals surface area contributed by atoms with Gasteiger partial charge in [-0.15, -0.1) is 0 Å². The Morgan fingerprint density at radius 1 is 0.600 bits per heavy atom. The molecule has 0 amide bonds. The van der Waals surface area contributed by atoms with E-state index in [9.17, 15) is 19.2 Å². The molecular weight excluding hydrogens is 380 g/mol. The molecule has 0 unspecified atom stereocenters. The Kier molecular flexibility index (Phi) is 4.00. The van der Waals surface area contributed by atoms with E-state index in [4.69, 9.17) is 4.74 Å². The summed E-state index contributed by atoms with van der Waals surface area (Å²) in [5.41, 5.74) is 1.44. The van der Waals surface area contributed by atoms with Crippen molar-refractivity contribution in [3.8, 4) is 11.5 Å². The third-order valence-corrected chi connectivity index (χ3v) is 5.72. The highest BCUT2D eigenvalue weighted by Gasteiger charge is 2.44. The molecule has 0 spiro atoms. The second kappa shape index (κ2) is 6.59. The first-order valence-electron chi connectivity index (χ1n) is 9.63. The molecule has 30 heavy (non-hydrogen) atoms. The molecule has 0 saturated heterocycles. The first kappa shape index (κ1) is 18.2. The number of ketones is 4. The van der Waals surface area contributed by atoms with Crippen LogP contribution in [0.1, 0.15) is 59.8 Å². The van der Waals surface area contributed by atoms with Crippen LogP contribution < -0.4 is 4.74 Å². The van der Waals surface area contributed by atoms with Gasteiger partial charge < -0.3 is 4.74 Å². The molecule has 0 N–H and O–H groups in total. The normalized spacial score (nSPS) is 16.2. The van der Waals surface area contributed by atoms with Crippen LogP contribution in [0.3, 0.4) is 0 Å². The fourth-order valence-electron chi connectivity index (χ4n) is 4.09. The number of carbonyl (C=O) groups excluding carboxylic acids is 4. The zero-order valence-corrected chi connectivity index (χ0v) is 16.0. The highest BCUT2D eigenvalue weighted by Crippen LogP contribution is 2.39. The van der Waals surface area contributed by atoms with Gasteiger partial charge in [-0.2, -0.15) is 0 Å². The minimum atomic E-state index is -0.976. The number of hydrogen-bond donors (Lipinski definition) is 0. The average Bonchev–Trinajstić information content (AvgIpc) is 3.13. The molecule has 3 aromatic rings. The molecule has 146 valence electrons. The summed E-state index contributed by atoms with van der Waals surface area (Å²) < 4.78 is 5.75. The third-order valence-electron chi connectivity index (χ3n) is 5.72. The van der Waals surface area contributed by atoms with Crippen LogP contribution >= 0.6 is 0 Å². The molecule has 0 aromatic heterocycles. The predicted molar refractivity (Wildman–Crippen MR) is 109 cm³/mol. The molecule has 0 atom stereocenters. The van der Waals surface area contributed by atoms with Gasteiger partial charge >= 0.3 is 0 Å². The lowest BCUT2D eigenvalue weighted by molar-refractivity contribution is 0.0849. The van der Waals surface area contributed by atoms with E-state index in [0.717, 1.165) is 0 Å². The summed E-state index contributed by atoms with van der Waals surface area (Å²) in [4.78, 5) is 50.6. The molecule has 0 heterocycles. The standard InChI is InChI=1S/C25H16O5/c1-13-22(26)17-11-19-20(12-18(17)23(13)27)25(29)21(24(19)28)14-7-9-16(10-8-14)30-15-5-3-2-4-6-15/h2-13,21H,1H3. The number of carbonyl (C=O) groups is 4. The van der Waals surface area contributed by atoms with Gasteiger partial charge in [0.2, 0.25) is 0 Å². The van der Waals surface area contributed by atoms with E-state index in [1.807, 2.05) is 30.3 Å². The summed E-state index contributed by atoms with van der Waals surface area (Å²) in [6.45, 7) is 1.54. The van der Waals surface area contributed by atoms with Crippen LogP contribution in [-0.2, 0) is 0 Å². The molecule has 0 fully saturated rings.